The lowest BCUT2D eigenvalue weighted by Gasteiger charge is -2.23. The van der Waals surface area contributed by atoms with E-state index in [2.05, 4.69) is 5.32 Å². The highest BCUT2D eigenvalue weighted by molar-refractivity contribution is 5.91. The average Bonchev–Trinajstić information content (AvgIpc) is 3.30. The lowest BCUT2D eigenvalue weighted by molar-refractivity contribution is -0.385. The second-order valence-corrected chi connectivity index (χ2v) is 5.49. The monoisotopic (exact) mass is 307 g/mol. The molecule has 0 unspecified atom stereocenters. The fraction of sp³-hybridized carbons (Fsp3) is 0.533. The van der Waals surface area contributed by atoms with Crippen molar-refractivity contribution in [1.29, 1.82) is 0 Å². The molecule has 2 N–H and O–H groups in total. The predicted octanol–water partition coefficient (Wildman–Crippen LogP) is 2.67. The summed E-state index contributed by atoms with van der Waals surface area (Å²) in [6, 6.07) is 4.67. The van der Waals surface area contributed by atoms with Gasteiger partial charge in [-0.1, -0.05) is 6.07 Å². The van der Waals surface area contributed by atoms with Crippen LogP contribution in [-0.4, -0.2) is 40.2 Å². The quantitative estimate of drug-likeness (QED) is 0.460. The smallest absolute Gasteiger partial charge is 0.322 e. The number of carbonyl (C=O) groups is 1. The van der Waals surface area contributed by atoms with Gasteiger partial charge in [0.05, 0.1) is 16.2 Å². The maximum absolute atomic E-state index is 12.4. The largest absolute Gasteiger partial charge is 0.396 e. The lowest BCUT2D eigenvalue weighted by atomic mass is 10.1. The van der Waals surface area contributed by atoms with E-state index < -0.39 is 4.92 Å². The number of rotatable bonds is 7. The average molecular weight is 307 g/mol. The molecule has 1 saturated carbocycles. The Labute approximate surface area is 129 Å². The first-order valence-corrected chi connectivity index (χ1v) is 7.47. The highest BCUT2D eigenvalue weighted by Gasteiger charge is 2.32. The van der Waals surface area contributed by atoms with E-state index >= 15 is 0 Å². The van der Waals surface area contributed by atoms with Crippen LogP contribution in [0.25, 0.3) is 0 Å². The number of nitrogens with one attached hydrogen (secondary N) is 1. The van der Waals surface area contributed by atoms with Gasteiger partial charge in [-0.3, -0.25) is 10.1 Å². The summed E-state index contributed by atoms with van der Waals surface area (Å²) in [7, 11) is 0. The molecule has 0 saturated heterocycles. The third-order valence-corrected chi connectivity index (χ3v) is 3.80. The first-order valence-electron chi connectivity index (χ1n) is 7.47. The maximum Gasteiger partial charge on any atom is 0.322 e. The maximum atomic E-state index is 12.4. The number of urea groups is 1. The Morgan fingerprint density at radius 2 is 2.18 bits per heavy atom. The topological polar surface area (TPSA) is 95.7 Å². The summed E-state index contributed by atoms with van der Waals surface area (Å²) in [5, 5.41) is 22.6. The summed E-state index contributed by atoms with van der Waals surface area (Å²) in [6.07, 6.45) is 3.38. The molecule has 0 radical (unpaired) electrons. The Bertz CT molecular complexity index is 558. The van der Waals surface area contributed by atoms with Crippen LogP contribution in [0, 0.1) is 17.0 Å². The van der Waals surface area contributed by atoms with Crippen LogP contribution in [0.2, 0.25) is 0 Å². The van der Waals surface area contributed by atoms with Crippen LogP contribution in [0.1, 0.15) is 31.2 Å². The van der Waals surface area contributed by atoms with Crippen molar-refractivity contribution in [3.63, 3.8) is 0 Å². The second kappa shape index (κ2) is 7.22. The van der Waals surface area contributed by atoms with Crippen LogP contribution >= 0.6 is 0 Å². The molecule has 0 aliphatic heterocycles. The normalized spacial score (nSPS) is 13.7. The molecule has 2 rings (SSSR count). The minimum atomic E-state index is -0.453. The van der Waals surface area contributed by atoms with Crippen molar-refractivity contribution in [2.45, 2.75) is 38.6 Å². The molecule has 120 valence electrons. The van der Waals surface area contributed by atoms with Crippen molar-refractivity contribution in [1.82, 2.24) is 4.90 Å². The van der Waals surface area contributed by atoms with Crippen LogP contribution in [0.5, 0.6) is 0 Å². The van der Waals surface area contributed by atoms with Crippen LogP contribution in [0.3, 0.4) is 0 Å². The first kappa shape index (κ1) is 16.2. The number of carbonyl (C=O) groups excluding carboxylic acids is 1. The van der Waals surface area contributed by atoms with Gasteiger partial charge in [0, 0.05) is 25.3 Å². The van der Waals surface area contributed by atoms with Crippen LogP contribution < -0.4 is 5.32 Å². The molecule has 2 amide bonds. The fourth-order valence-corrected chi connectivity index (χ4v) is 2.37. The number of unbranched alkanes of at least 4 members (excludes halogenated alkanes) is 1. The molecule has 0 heterocycles. The van der Waals surface area contributed by atoms with E-state index in [1.165, 1.54) is 6.07 Å². The fourth-order valence-electron chi connectivity index (χ4n) is 2.37. The molecule has 1 aliphatic rings. The Morgan fingerprint density at radius 1 is 1.45 bits per heavy atom. The van der Waals surface area contributed by atoms with Gasteiger partial charge in [0.15, 0.2) is 0 Å². The Kier molecular flexibility index (Phi) is 5.32. The molecule has 0 atom stereocenters. The zero-order valence-electron chi connectivity index (χ0n) is 12.6. The lowest BCUT2D eigenvalue weighted by Crippen LogP contribution is -2.37. The van der Waals surface area contributed by atoms with Gasteiger partial charge < -0.3 is 15.3 Å². The van der Waals surface area contributed by atoms with E-state index in [9.17, 15) is 14.9 Å². The predicted molar refractivity (Wildman–Crippen MR) is 82.9 cm³/mol. The van der Waals surface area contributed by atoms with Gasteiger partial charge in [-0.2, -0.15) is 0 Å². The Hall–Kier alpha value is -2.15. The van der Waals surface area contributed by atoms with Crippen molar-refractivity contribution in [3.05, 3.63) is 33.9 Å². The van der Waals surface area contributed by atoms with Gasteiger partial charge in [-0.25, -0.2) is 4.79 Å². The van der Waals surface area contributed by atoms with Crippen molar-refractivity contribution >= 4 is 17.4 Å². The molecule has 22 heavy (non-hydrogen) atoms. The van der Waals surface area contributed by atoms with Crippen LogP contribution in [0.15, 0.2) is 18.2 Å². The zero-order valence-corrected chi connectivity index (χ0v) is 12.6. The Morgan fingerprint density at radius 3 is 2.77 bits per heavy atom. The van der Waals surface area contributed by atoms with E-state index in [0.717, 1.165) is 19.3 Å². The van der Waals surface area contributed by atoms with Gasteiger partial charge in [-0.15, -0.1) is 0 Å². The first-order chi connectivity index (χ1) is 10.5. The molecule has 1 fully saturated rings. The number of nitro groups is 1. The highest BCUT2D eigenvalue weighted by atomic mass is 16.6. The molecule has 0 aromatic heterocycles. The SMILES string of the molecule is Cc1c(NC(=O)N(CCCCO)C2CC2)cccc1[N+](=O)[O-]. The van der Waals surface area contributed by atoms with E-state index in [1.807, 2.05) is 0 Å². The summed E-state index contributed by atoms with van der Waals surface area (Å²) >= 11 is 0. The van der Waals surface area contributed by atoms with E-state index in [0.29, 0.717) is 24.2 Å². The second-order valence-electron chi connectivity index (χ2n) is 5.49. The van der Waals surface area contributed by atoms with Crippen molar-refractivity contribution in [2.24, 2.45) is 0 Å². The van der Waals surface area contributed by atoms with Gasteiger partial charge >= 0.3 is 6.03 Å². The number of anilines is 1. The van der Waals surface area contributed by atoms with E-state index in [1.54, 1.807) is 24.0 Å². The number of nitrogens with zero attached hydrogens (tertiary/aromatic N) is 2. The number of amides is 2. The number of aliphatic hydroxyl groups is 1. The molecule has 1 aromatic carbocycles. The molecule has 7 heteroatoms. The molecule has 0 spiro atoms. The molecule has 1 aliphatic carbocycles. The number of hydrogen-bond acceptors (Lipinski definition) is 4. The van der Waals surface area contributed by atoms with Crippen LogP contribution in [0.4, 0.5) is 16.2 Å². The minimum absolute atomic E-state index is 0.00366. The number of nitro benzene ring substituents is 1. The van der Waals surface area contributed by atoms with Crippen LogP contribution in [-0.2, 0) is 0 Å². The summed E-state index contributed by atoms with van der Waals surface area (Å²) in [5.41, 5.74) is 0.912. The molecular weight excluding hydrogens is 286 g/mol. The number of benzene rings is 1. The summed E-state index contributed by atoms with van der Waals surface area (Å²) in [5.74, 6) is 0. The number of hydrogen-bond donors (Lipinski definition) is 2. The third kappa shape index (κ3) is 3.94. The van der Waals surface area contributed by atoms with Crippen molar-refractivity contribution in [3.8, 4) is 0 Å². The third-order valence-electron chi connectivity index (χ3n) is 3.80. The molecular formula is C15H21N3O4. The summed E-state index contributed by atoms with van der Waals surface area (Å²) in [6.45, 7) is 2.33. The van der Waals surface area contributed by atoms with Gasteiger partial charge in [0.25, 0.3) is 5.69 Å². The standard InChI is InChI=1S/C15H21N3O4/c1-11-13(5-4-6-14(11)18(21)22)16-15(20)17(12-7-8-12)9-2-3-10-19/h4-6,12,19H,2-3,7-10H2,1H3,(H,16,20). The Balaban J connectivity index is 2.06. The van der Waals surface area contributed by atoms with Gasteiger partial charge in [0.2, 0.25) is 0 Å². The van der Waals surface area contributed by atoms with E-state index in [4.69, 9.17) is 5.11 Å². The van der Waals surface area contributed by atoms with Crippen molar-refractivity contribution in [2.75, 3.05) is 18.5 Å². The molecule has 0 bridgehead atoms. The molecule has 7 nitrogen and oxygen atoms in total. The molecule has 1 aromatic rings. The minimum Gasteiger partial charge on any atom is -0.396 e. The zero-order chi connectivity index (χ0) is 16.1. The highest BCUT2D eigenvalue weighted by Crippen LogP contribution is 2.29. The summed E-state index contributed by atoms with van der Waals surface area (Å²) in [4.78, 5) is 24.7. The van der Waals surface area contributed by atoms with Crippen molar-refractivity contribution < 1.29 is 14.8 Å². The number of aliphatic hydroxyl groups excluding tert-OH is 1. The van der Waals surface area contributed by atoms with E-state index in [-0.39, 0.29) is 24.4 Å². The van der Waals surface area contributed by atoms with Gasteiger partial charge in [-0.05, 0) is 38.7 Å². The summed E-state index contributed by atoms with van der Waals surface area (Å²) < 4.78 is 0. The van der Waals surface area contributed by atoms with Gasteiger partial charge in [0.1, 0.15) is 0 Å².